The van der Waals surface area contributed by atoms with Gasteiger partial charge in [0.05, 0.1) is 18.1 Å². The van der Waals surface area contributed by atoms with Crippen molar-refractivity contribution in [1.29, 1.82) is 5.26 Å². The van der Waals surface area contributed by atoms with Gasteiger partial charge in [0.25, 0.3) is 0 Å². The highest BCUT2D eigenvalue weighted by atomic mass is 31.1. The van der Waals surface area contributed by atoms with Crippen LogP contribution in [0.1, 0.15) is 0 Å². The van der Waals surface area contributed by atoms with Crippen LogP contribution in [0.3, 0.4) is 0 Å². The molecule has 0 aromatic carbocycles. The normalized spacial score (nSPS) is 13.1. The number of hydrogen-bond acceptors (Lipinski definition) is 1. The summed E-state index contributed by atoms with van der Waals surface area (Å²) in [5, 5.41) is 8.03. The molecule has 0 aliphatic rings. The summed E-state index contributed by atoms with van der Waals surface area (Å²) in [5.74, 6) is 1.04. The first kappa shape index (κ1) is 12.5. The molecule has 0 saturated heterocycles. The highest BCUT2D eigenvalue weighted by molar-refractivity contribution is 7.62. The highest BCUT2D eigenvalue weighted by Crippen LogP contribution is 2.44. The van der Waals surface area contributed by atoms with Crippen LogP contribution in [0.25, 0.3) is 0 Å². The van der Waals surface area contributed by atoms with Crippen LogP contribution in [0.4, 0.5) is 26.3 Å². The summed E-state index contributed by atoms with van der Waals surface area (Å²) in [4.78, 5) is 0. The number of halogens is 6. The minimum Gasteiger partial charge on any atom is -0.193 e. The molecule has 0 heterocycles. The van der Waals surface area contributed by atoms with Crippen LogP contribution in [0.5, 0.6) is 0 Å². The molecule has 0 rings (SSSR count). The van der Waals surface area contributed by atoms with Crippen LogP contribution in [0.15, 0.2) is 0 Å². The summed E-state index contributed by atoms with van der Waals surface area (Å²) in [6.07, 6.45) is -12.7. The van der Waals surface area contributed by atoms with Crippen LogP contribution in [0, 0.1) is 11.1 Å². The fraction of sp³-hybridized carbons (Fsp3) is 0.800. The third-order valence-corrected chi connectivity index (χ3v) is 2.65. The van der Waals surface area contributed by atoms with Crippen molar-refractivity contribution in [3.05, 3.63) is 0 Å². The summed E-state index contributed by atoms with van der Waals surface area (Å²) >= 11 is 0. The van der Waals surface area contributed by atoms with E-state index in [0.717, 1.165) is 5.81 Å². The lowest BCUT2D eigenvalue weighted by atomic mass is 10.8. The largest absolute Gasteiger partial charge is 0.393 e. The third kappa shape index (κ3) is 7.85. The molecule has 0 bridgehead atoms. The van der Waals surface area contributed by atoms with Gasteiger partial charge in [-0.3, -0.25) is 0 Å². The minimum atomic E-state index is -4.70. The van der Waals surface area contributed by atoms with Crippen LogP contribution in [0.2, 0.25) is 0 Å². The summed E-state index contributed by atoms with van der Waals surface area (Å²) in [6.45, 7) is 0. The van der Waals surface area contributed by atoms with Gasteiger partial charge < -0.3 is 0 Å². The molecule has 0 aromatic rings. The number of alkyl halides is 6. The molecule has 0 aliphatic carbocycles. The van der Waals surface area contributed by atoms with E-state index >= 15 is 0 Å². The van der Waals surface area contributed by atoms with E-state index in [0.29, 0.717) is 0 Å². The van der Waals surface area contributed by atoms with Crippen molar-refractivity contribution in [3.63, 3.8) is 0 Å². The van der Waals surface area contributed by atoms with Gasteiger partial charge in [0.1, 0.15) is 0 Å². The lowest BCUT2D eigenvalue weighted by molar-refractivity contribution is -0.111. The molecule has 1 nitrogen and oxygen atoms in total. The molecule has 0 N–H and O–H groups in total. The van der Waals surface area contributed by atoms with Gasteiger partial charge in [-0.1, -0.05) is 0 Å². The zero-order valence-electron chi connectivity index (χ0n) is 6.08. The van der Waals surface area contributed by atoms with E-state index in [1.165, 1.54) is 0 Å². The molecule has 13 heavy (non-hydrogen) atoms. The Labute approximate surface area is 71.1 Å². The fourth-order valence-electron chi connectivity index (χ4n) is 0.559. The maximum atomic E-state index is 11.6. The molecular weight excluding hydrogens is 219 g/mol. The van der Waals surface area contributed by atoms with Crippen molar-refractivity contribution in [2.75, 3.05) is 12.3 Å². The number of hydrogen-bond donors (Lipinski definition) is 0. The van der Waals surface area contributed by atoms with Crippen molar-refractivity contribution in [2.24, 2.45) is 0 Å². The van der Waals surface area contributed by atoms with Gasteiger partial charge in [-0.25, -0.2) is 0 Å². The zero-order chi connectivity index (χ0) is 10.7. The molecule has 0 amide bonds. The number of nitriles is 1. The first-order valence-electron chi connectivity index (χ1n) is 2.92. The van der Waals surface area contributed by atoms with Crippen molar-refractivity contribution >= 4 is 7.92 Å². The molecule has 0 aliphatic heterocycles. The van der Waals surface area contributed by atoms with Crippen LogP contribution in [-0.4, -0.2) is 24.7 Å². The molecule has 0 aromatic heterocycles. The molecular formula is C5H4F6NP. The van der Waals surface area contributed by atoms with Crippen molar-refractivity contribution < 1.29 is 26.3 Å². The first-order chi connectivity index (χ1) is 5.64. The van der Waals surface area contributed by atoms with Crippen LogP contribution >= 0.6 is 7.92 Å². The molecule has 0 saturated carbocycles. The Hall–Kier alpha value is -0.500. The summed E-state index contributed by atoms with van der Waals surface area (Å²) in [6, 6.07) is 0. The lowest BCUT2D eigenvalue weighted by Crippen LogP contribution is -2.19. The minimum absolute atomic E-state index is 1.04. The molecule has 8 heteroatoms. The lowest BCUT2D eigenvalue weighted by Gasteiger charge is -2.13. The average molecular weight is 223 g/mol. The Morgan fingerprint density at radius 3 is 1.38 bits per heavy atom. The van der Waals surface area contributed by atoms with E-state index in [2.05, 4.69) is 0 Å². The molecule has 0 radical (unpaired) electrons. The quantitative estimate of drug-likeness (QED) is 0.521. The Balaban J connectivity index is 4.16. The fourth-order valence-corrected chi connectivity index (χ4v) is 1.68. The topological polar surface area (TPSA) is 23.8 Å². The molecule has 0 atom stereocenters. The van der Waals surface area contributed by atoms with Gasteiger partial charge in [0.15, 0.2) is 0 Å². The van der Waals surface area contributed by atoms with E-state index in [1.54, 1.807) is 0 Å². The van der Waals surface area contributed by atoms with Gasteiger partial charge in [-0.15, -0.1) is 0 Å². The Bertz CT molecular complexity index is 185. The van der Waals surface area contributed by atoms with Gasteiger partial charge in [-0.2, -0.15) is 31.6 Å². The second-order valence-electron chi connectivity index (χ2n) is 2.19. The average Bonchev–Trinajstić information content (AvgIpc) is 1.79. The van der Waals surface area contributed by atoms with E-state index in [9.17, 15) is 26.3 Å². The highest BCUT2D eigenvalue weighted by Gasteiger charge is 2.38. The summed E-state index contributed by atoms with van der Waals surface area (Å²) in [7, 11) is -2.68. The van der Waals surface area contributed by atoms with E-state index in [-0.39, 0.29) is 0 Å². The van der Waals surface area contributed by atoms with E-state index in [1.807, 2.05) is 0 Å². The monoisotopic (exact) mass is 223 g/mol. The van der Waals surface area contributed by atoms with Crippen molar-refractivity contribution in [2.45, 2.75) is 12.4 Å². The second kappa shape index (κ2) is 4.14. The standard InChI is InChI=1S/C5H4F6NP/c6-4(7,8)1-13(3-12)2-5(9,10)11/h1-2H2. The molecule has 76 valence electrons. The maximum absolute atomic E-state index is 11.6. The third-order valence-electron chi connectivity index (χ3n) is 0.882. The number of rotatable bonds is 2. The second-order valence-corrected chi connectivity index (χ2v) is 4.10. The van der Waals surface area contributed by atoms with Gasteiger partial charge >= 0.3 is 12.4 Å². The smallest absolute Gasteiger partial charge is 0.193 e. The summed E-state index contributed by atoms with van der Waals surface area (Å²) < 4.78 is 69.4. The summed E-state index contributed by atoms with van der Waals surface area (Å²) in [5.41, 5.74) is 0. The maximum Gasteiger partial charge on any atom is 0.393 e. The van der Waals surface area contributed by atoms with Gasteiger partial charge in [0.2, 0.25) is 0 Å². The van der Waals surface area contributed by atoms with Crippen molar-refractivity contribution in [3.8, 4) is 5.81 Å². The Morgan fingerprint density at radius 2 is 1.23 bits per heavy atom. The van der Waals surface area contributed by atoms with Crippen LogP contribution < -0.4 is 0 Å². The molecule has 0 spiro atoms. The first-order valence-corrected chi connectivity index (χ1v) is 4.63. The Morgan fingerprint density at radius 1 is 0.923 bits per heavy atom. The van der Waals surface area contributed by atoms with Gasteiger partial charge in [-0.05, 0) is 0 Å². The van der Waals surface area contributed by atoms with Crippen molar-refractivity contribution in [1.82, 2.24) is 0 Å². The molecule has 0 unspecified atom stereocenters. The molecule has 0 fully saturated rings. The van der Waals surface area contributed by atoms with Gasteiger partial charge in [0, 0.05) is 7.92 Å². The van der Waals surface area contributed by atoms with Crippen LogP contribution in [-0.2, 0) is 0 Å². The van der Waals surface area contributed by atoms with E-state index < -0.39 is 32.6 Å². The predicted octanol–water partition coefficient (Wildman–Crippen LogP) is 3.07. The van der Waals surface area contributed by atoms with E-state index in [4.69, 9.17) is 5.26 Å². The zero-order valence-corrected chi connectivity index (χ0v) is 6.97. The Kier molecular flexibility index (Phi) is 3.98. The number of nitrogens with zero attached hydrogens (tertiary/aromatic N) is 1. The predicted molar refractivity (Wildman–Crippen MR) is 34.4 cm³/mol. The SMILES string of the molecule is N#CP(CC(F)(F)F)CC(F)(F)F.